The Balaban J connectivity index is 2.32. The molecule has 0 spiro atoms. The Kier molecular flexibility index (Phi) is 4.54. The second-order valence-corrected chi connectivity index (χ2v) is 5.40. The first-order valence-electron chi connectivity index (χ1n) is 6.50. The molecule has 6 heteroatoms. The second kappa shape index (κ2) is 6.17. The monoisotopic (exact) mass is 338 g/mol. The van der Waals surface area contributed by atoms with Gasteiger partial charge in [0.15, 0.2) is 5.82 Å². The van der Waals surface area contributed by atoms with Gasteiger partial charge in [-0.25, -0.2) is 4.68 Å². The van der Waals surface area contributed by atoms with Crippen LogP contribution in [0.4, 0.5) is 17.2 Å². The number of nitrogens with two attached hydrogens (primary N) is 1. The number of nitrogen functional groups attached to an aromatic ring is 1. The maximum Gasteiger partial charge on any atom is 0.152 e. The molecule has 1 aromatic heterocycles. The number of aromatic nitrogens is 2. The zero-order valence-corrected chi connectivity index (χ0v) is 13.5. The van der Waals surface area contributed by atoms with Gasteiger partial charge in [-0.05, 0) is 47.5 Å². The lowest BCUT2D eigenvalue weighted by atomic mass is 10.3. The van der Waals surface area contributed by atoms with Gasteiger partial charge in [0.25, 0.3) is 0 Å². The van der Waals surface area contributed by atoms with Crippen molar-refractivity contribution in [3.63, 3.8) is 0 Å². The Morgan fingerprint density at radius 1 is 1.45 bits per heavy atom. The van der Waals surface area contributed by atoms with Crippen LogP contribution in [0.1, 0.15) is 19.0 Å². The van der Waals surface area contributed by atoms with E-state index in [0.29, 0.717) is 5.69 Å². The summed E-state index contributed by atoms with van der Waals surface area (Å²) in [6.07, 6.45) is 1.00. The molecule has 3 N–H and O–H groups in total. The van der Waals surface area contributed by atoms with Gasteiger partial charge in [0.1, 0.15) is 5.75 Å². The smallest absolute Gasteiger partial charge is 0.152 e. The molecule has 0 unspecified atom stereocenters. The average Bonchev–Trinajstić information content (AvgIpc) is 2.67. The summed E-state index contributed by atoms with van der Waals surface area (Å²) >= 11 is 3.47. The average molecular weight is 339 g/mol. The Hall–Kier alpha value is -1.69. The minimum atomic E-state index is 0.686. The molecule has 2 aromatic rings. The molecular formula is C14H19BrN4O. The van der Waals surface area contributed by atoms with E-state index in [2.05, 4.69) is 33.3 Å². The van der Waals surface area contributed by atoms with Gasteiger partial charge in [-0.15, -0.1) is 0 Å². The van der Waals surface area contributed by atoms with Gasteiger partial charge < -0.3 is 15.8 Å². The van der Waals surface area contributed by atoms with Gasteiger partial charge >= 0.3 is 0 Å². The lowest BCUT2D eigenvalue weighted by Gasteiger charge is -2.11. The predicted molar refractivity (Wildman–Crippen MR) is 85.6 cm³/mol. The molecule has 2 rings (SSSR count). The fourth-order valence-electron chi connectivity index (χ4n) is 1.98. The van der Waals surface area contributed by atoms with Crippen molar-refractivity contribution >= 4 is 33.1 Å². The van der Waals surface area contributed by atoms with E-state index in [1.54, 1.807) is 7.11 Å². The van der Waals surface area contributed by atoms with Crippen LogP contribution in [-0.4, -0.2) is 16.9 Å². The number of hydrogen-bond donors (Lipinski definition) is 2. The maximum atomic E-state index is 6.09. The van der Waals surface area contributed by atoms with Gasteiger partial charge in [0.2, 0.25) is 0 Å². The third kappa shape index (κ3) is 2.90. The van der Waals surface area contributed by atoms with E-state index in [1.165, 1.54) is 0 Å². The SMILES string of the molecule is CCCn1nc(C)c(N)c1Nc1ccc(OC)c(Br)c1. The summed E-state index contributed by atoms with van der Waals surface area (Å²) in [4.78, 5) is 0. The first-order valence-corrected chi connectivity index (χ1v) is 7.29. The molecule has 0 radical (unpaired) electrons. The molecule has 1 aromatic carbocycles. The van der Waals surface area contributed by atoms with Crippen molar-refractivity contribution < 1.29 is 4.74 Å². The molecule has 1 heterocycles. The van der Waals surface area contributed by atoms with Gasteiger partial charge in [-0.2, -0.15) is 5.10 Å². The number of aryl methyl sites for hydroxylation is 2. The largest absolute Gasteiger partial charge is 0.496 e. The topological polar surface area (TPSA) is 65.1 Å². The maximum absolute atomic E-state index is 6.09. The van der Waals surface area contributed by atoms with E-state index in [4.69, 9.17) is 10.5 Å². The quantitative estimate of drug-likeness (QED) is 0.872. The molecule has 0 amide bonds. The van der Waals surface area contributed by atoms with Crippen LogP contribution in [0, 0.1) is 6.92 Å². The third-order valence-corrected chi connectivity index (χ3v) is 3.64. The summed E-state index contributed by atoms with van der Waals surface area (Å²) in [6, 6.07) is 5.80. The van der Waals surface area contributed by atoms with Gasteiger partial charge in [0.05, 0.1) is 23.0 Å². The summed E-state index contributed by atoms with van der Waals surface area (Å²) in [5, 5.41) is 7.77. The van der Waals surface area contributed by atoms with E-state index in [0.717, 1.165) is 40.4 Å². The third-order valence-electron chi connectivity index (χ3n) is 3.02. The van der Waals surface area contributed by atoms with Gasteiger partial charge in [-0.3, -0.25) is 0 Å². The number of nitrogens with one attached hydrogen (secondary N) is 1. The highest BCUT2D eigenvalue weighted by Gasteiger charge is 2.12. The van der Waals surface area contributed by atoms with Gasteiger partial charge in [0, 0.05) is 12.2 Å². The van der Waals surface area contributed by atoms with E-state index in [1.807, 2.05) is 29.8 Å². The van der Waals surface area contributed by atoms with Crippen LogP contribution >= 0.6 is 15.9 Å². The van der Waals surface area contributed by atoms with Crippen molar-refractivity contribution in [1.29, 1.82) is 0 Å². The number of ether oxygens (including phenoxy) is 1. The van der Waals surface area contributed by atoms with Crippen molar-refractivity contribution in [2.75, 3.05) is 18.2 Å². The van der Waals surface area contributed by atoms with Crippen molar-refractivity contribution in [1.82, 2.24) is 9.78 Å². The summed E-state index contributed by atoms with van der Waals surface area (Å²) in [5.74, 6) is 1.63. The zero-order chi connectivity index (χ0) is 14.7. The zero-order valence-electron chi connectivity index (χ0n) is 11.9. The number of methoxy groups -OCH3 is 1. The van der Waals surface area contributed by atoms with Crippen LogP contribution in [0.5, 0.6) is 5.75 Å². The molecule has 0 fully saturated rings. The number of halogens is 1. The van der Waals surface area contributed by atoms with E-state index >= 15 is 0 Å². The van der Waals surface area contributed by atoms with Crippen LogP contribution in [0.15, 0.2) is 22.7 Å². The van der Waals surface area contributed by atoms with Crippen molar-refractivity contribution in [2.45, 2.75) is 26.8 Å². The van der Waals surface area contributed by atoms with Crippen LogP contribution in [0.25, 0.3) is 0 Å². The molecule has 0 saturated carbocycles. The summed E-state index contributed by atoms with van der Waals surface area (Å²) in [6.45, 7) is 4.86. The lowest BCUT2D eigenvalue weighted by molar-refractivity contribution is 0.412. The Labute approximate surface area is 127 Å². The standard InChI is InChI=1S/C14H19BrN4O/c1-4-7-19-14(13(16)9(2)18-19)17-10-5-6-12(20-3)11(15)8-10/h5-6,8,17H,4,7,16H2,1-3H3. The minimum absolute atomic E-state index is 0.686. The molecular weight excluding hydrogens is 320 g/mol. The first-order chi connectivity index (χ1) is 9.56. The number of nitrogens with zero attached hydrogens (tertiary/aromatic N) is 2. The Morgan fingerprint density at radius 2 is 2.20 bits per heavy atom. The number of hydrogen-bond acceptors (Lipinski definition) is 4. The number of benzene rings is 1. The molecule has 20 heavy (non-hydrogen) atoms. The Morgan fingerprint density at radius 3 is 2.80 bits per heavy atom. The normalized spacial score (nSPS) is 10.6. The molecule has 5 nitrogen and oxygen atoms in total. The molecule has 0 saturated heterocycles. The summed E-state index contributed by atoms with van der Waals surface area (Å²) < 4.78 is 8.02. The Bertz CT molecular complexity index is 609. The number of anilines is 3. The molecule has 0 atom stereocenters. The predicted octanol–water partition coefficient (Wildman–Crippen LogP) is 3.70. The molecule has 0 aliphatic rings. The second-order valence-electron chi connectivity index (χ2n) is 4.55. The highest BCUT2D eigenvalue weighted by Crippen LogP contribution is 2.31. The van der Waals surface area contributed by atoms with Crippen LogP contribution in [0.3, 0.4) is 0 Å². The van der Waals surface area contributed by atoms with E-state index in [9.17, 15) is 0 Å². The lowest BCUT2D eigenvalue weighted by Crippen LogP contribution is -2.05. The molecule has 0 bridgehead atoms. The van der Waals surface area contributed by atoms with Crippen molar-refractivity contribution in [3.8, 4) is 5.75 Å². The highest BCUT2D eigenvalue weighted by atomic mass is 79.9. The minimum Gasteiger partial charge on any atom is -0.496 e. The van der Waals surface area contributed by atoms with Crippen LogP contribution in [0.2, 0.25) is 0 Å². The van der Waals surface area contributed by atoms with Crippen molar-refractivity contribution in [3.05, 3.63) is 28.4 Å². The van der Waals surface area contributed by atoms with Crippen LogP contribution < -0.4 is 15.8 Å². The van der Waals surface area contributed by atoms with E-state index < -0.39 is 0 Å². The first kappa shape index (κ1) is 14.7. The molecule has 108 valence electrons. The van der Waals surface area contributed by atoms with E-state index in [-0.39, 0.29) is 0 Å². The summed E-state index contributed by atoms with van der Waals surface area (Å²) in [7, 11) is 1.64. The fraction of sp³-hybridized carbons (Fsp3) is 0.357. The van der Waals surface area contributed by atoms with Crippen molar-refractivity contribution in [2.24, 2.45) is 0 Å². The van der Waals surface area contributed by atoms with Crippen LogP contribution in [-0.2, 0) is 6.54 Å². The molecule has 0 aliphatic carbocycles. The van der Waals surface area contributed by atoms with Gasteiger partial charge in [-0.1, -0.05) is 6.92 Å². The number of rotatable bonds is 5. The summed E-state index contributed by atoms with van der Waals surface area (Å²) in [5.41, 5.74) is 8.55. The fourth-order valence-corrected chi connectivity index (χ4v) is 2.52. The highest BCUT2D eigenvalue weighted by molar-refractivity contribution is 9.10. The molecule has 0 aliphatic heterocycles.